The highest BCUT2D eigenvalue weighted by molar-refractivity contribution is 5.87. The van der Waals surface area contributed by atoms with Gasteiger partial charge in [-0.15, -0.1) is 0 Å². The first-order chi connectivity index (χ1) is 9.18. The van der Waals surface area contributed by atoms with Crippen molar-refractivity contribution in [3.05, 3.63) is 48.2 Å². The molecule has 0 fully saturated rings. The molecule has 0 aliphatic rings. The highest BCUT2D eigenvalue weighted by atomic mass is 16.3. The monoisotopic (exact) mass is 253 g/mol. The Morgan fingerprint density at radius 1 is 1.16 bits per heavy atom. The van der Waals surface area contributed by atoms with Crippen molar-refractivity contribution in [2.24, 2.45) is 7.05 Å². The predicted octanol–water partition coefficient (Wildman–Crippen LogP) is 3.24. The topological polar surface area (TPSA) is 57.0 Å². The molecule has 3 rings (SSSR count). The third-order valence-corrected chi connectivity index (χ3v) is 3.23. The first-order valence-electron chi connectivity index (χ1n) is 6.11. The molecule has 4 heteroatoms. The SMILES string of the molecule is Cc1ccoc1-c1nn(C)c(N)c1-c1ccccc1. The second-order valence-electron chi connectivity index (χ2n) is 4.53. The summed E-state index contributed by atoms with van der Waals surface area (Å²) in [5, 5.41) is 4.49. The van der Waals surface area contributed by atoms with Crippen LogP contribution in [-0.4, -0.2) is 9.78 Å². The number of aryl methyl sites for hydroxylation is 2. The van der Waals surface area contributed by atoms with Crippen LogP contribution in [0.5, 0.6) is 0 Å². The van der Waals surface area contributed by atoms with Gasteiger partial charge in [0, 0.05) is 7.05 Å². The van der Waals surface area contributed by atoms with Crippen molar-refractivity contribution in [2.45, 2.75) is 6.92 Å². The van der Waals surface area contributed by atoms with Crippen molar-refractivity contribution in [1.82, 2.24) is 9.78 Å². The van der Waals surface area contributed by atoms with E-state index in [1.54, 1.807) is 10.9 Å². The number of hydrogen-bond acceptors (Lipinski definition) is 3. The van der Waals surface area contributed by atoms with Crippen LogP contribution < -0.4 is 5.73 Å². The molecule has 0 amide bonds. The fourth-order valence-electron chi connectivity index (χ4n) is 2.20. The number of anilines is 1. The molecule has 0 atom stereocenters. The zero-order valence-corrected chi connectivity index (χ0v) is 10.9. The van der Waals surface area contributed by atoms with Gasteiger partial charge in [0.15, 0.2) is 5.76 Å². The number of aromatic nitrogens is 2. The molecular formula is C15H15N3O. The van der Waals surface area contributed by atoms with E-state index < -0.39 is 0 Å². The summed E-state index contributed by atoms with van der Waals surface area (Å²) in [6.07, 6.45) is 1.67. The summed E-state index contributed by atoms with van der Waals surface area (Å²) >= 11 is 0. The Morgan fingerprint density at radius 2 is 1.89 bits per heavy atom. The Balaban J connectivity index is 2.28. The zero-order chi connectivity index (χ0) is 13.4. The summed E-state index contributed by atoms with van der Waals surface area (Å²) in [5.74, 6) is 1.41. The molecular weight excluding hydrogens is 238 g/mol. The molecule has 0 saturated carbocycles. The molecule has 96 valence electrons. The van der Waals surface area contributed by atoms with Crippen LogP contribution in [-0.2, 0) is 7.05 Å². The van der Waals surface area contributed by atoms with Crippen molar-refractivity contribution >= 4 is 5.82 Å². The summed E-state index contributed by atoms with van der Waals surface area (Å²) in [7, 11) is 1.84. The van der Waals surface area contributed by atoms with Gasteiger partial charge in [-0.3, -0.25) is 4.68 Å². The largest absolute Gasteiger partial charge is 0.462 e. The van der Waals surface area contributed by atoms with Crippen molar-refractivity contribution in [3.63, 3.8) is 0 Å². The smallest absolute Gasteiger partial charge is 0.157 e. The Labute approximate surface area is 111 Å². The van der Waals surface area contributed by atoms with Gasteiger partial charge < -0.3 is 10.2 Å². The normalized spacial score (nSPS) is 10.8. The summed E-state index contributed by atoms with van der Waals surface area (Å²) in [6, 6.07) is 11.9. The van der Waals surface area contributed by atoms with Crippen LogP contribution in [0.1, 0.15) is 5.56 Å². The third kappa shape index (κ3) is 1.81. The molecule has 0 aliphatic carbocycles. The van der Waals surface area contributed by atoms with E-state index in [9.17, 15) is 0 Å². The Kier molecular flexibility index (Phi) is 2.63. The van der Waals surface area contributed by atoms with Gasteiger partial charge in [-0.2, -0.15) is 5.10 Å². The van der Waals surface area contributed by atoms with Crippen LogP contribution >= 0.6 is 0 Å². The quantitative estimate of drug-likeness (QED) is 0.762. The van der Waals surface area contributed by atoms with Gasteiger partial charge in [0.1, 0.15) is 11.5 Å². The van der Waals surface area contributed by atoms with Gasteiger partial charge >= 0.3 is 0 Å². The highest BCUT2D eigenvalue weighted by Gasteiger charge is 2.20. The molecule has 2 N–H and O–H groups in total. The van der Waals surface area contributed by atoms with Crippen LogP contribution in [0.15, 0.2) is 47.1 Å². The minimum Gasteiger partial charge on any atom is -0.462 e. The molecule has 0 unspecified atom stereocenters. The van der Waals surface area contributed by atoms with Gasteiger partial charge in [-0.25, -0.2) is 0 Å². The van der Waals surface area contributed by atoms with E-state index in [4.69, 9.17) is 10.2 Å². The average molecular weight is 253 g/mol. The number of hydrogen-bond donors (Lipinski definition) is 1. The van der Waals surface area contributed by atoms with E-state index in [2.05, 4.69) is 5.10 Å². The van der Waals surface area contributed by atoms with Gasteiger partial charge in [0.25, 0.3) is 0 Å². The highest BCUT2D eigenvalue weighted by Crippen LogP contribution is 2.37. The summed E-state index contributed by atoms with van der Waals surface area (Å²) < 4.78 is 7.23. The van der Waals surface area contributed by atoms with Crippen LogP contribution in [0, 0.1) is 6.92 Å². The van der Waals surface area contributed by atoms with Gasteiger partial charge in [-0.1, -0.05) is 30.3 Å². The Morgan fingerprint density at radius 3 is 2.53 bits per heavy atom. The van der Waals surface area contributed by atoms with Crippen molar-refractivity contribution < 1.29 is 4.42 Å². The van der Waals surface area contributed by atoms with Crippen molar-refractivity contribution in [1.29, 1.82) is 0 Å². The number of nitrogens with zero attached hydrogens (tertiary/aromatic N) is 2. The predicted molar refractivity (Wildman–Crippen MR) is 75.5 cm³/mol. The third-order valence-electron chi connectivity index (χ3n) is 3.23. The van der Waals surface area contributed by atoms with E-state index in [-0.39, 0.29) is 0 Å². The van der Waals surface area contributed by atoms with E-state index in [1.165, 1.54) is 0 Å². The van der Waals surface area contributed by atoms with E-state index in [0.29, 0.717) is 5.82 Å². The minimum absolute atomic E-state index is 0.636. The molecule has 2 aromatic heterocycles. The maximum absolute atomic E-state index is 6.15. The van der Waals surface area contributed by atoms with Crippen LogP contribution in [0.3, 0.4) is 0 Å². The Bertz CT molecular complexity index is 710. The second kappa shape index (κ2) is 4.31. The molecule has 0 bridgehead atoms. The van der Waals surface area contributed by atoms with Crippen LogP contribution in [0.2, 0.25) is 0 Å². The zero-order valence-electron chi connectivity index (χ0n) is 10.9. The fraction of sp³-hybridized carbons (Fsp3) is 0.133. The molecule has 0 spiro atoms. The lowest BCUT2D eigenvalue weighted by atomic mass is 10.0. The summed E-state index contributed by atoms with van der Waals surface area (Å²) in [6.45, 7) is 2.00. The molecule has 2 heterocycles. The molecule has 4 nitrogen and oxygen atoms in total. The lowest BCUT2D eigenvalue weighted by Gasteiger charge is -2.03. The number of nitrogens with two attached hydrogens (primary N) is 1. The second-order valence-corrected chi connectivity index (χ2v) is 4.53. The number of rotatable bonds is 2. The number of benzene rings is 1. The van der Waals surface area contributed by atoms with Crippen LogP contribution in [0.25, 0.3) is 22.6 Å². The summed E-state index contributed by atoms with van der Waals surface area (Å²) in [4.78, 5) is 0. The molecule has 0 saturated heterocycles. The number of furan rings is 1. The average Bonchev–Trinajstić information content (AvgIpc) is 2.96. The molecule has 1 aromatic carbocycles. The summed E-state index contributed by atoms with van der Waals surface area (Å²) in [5.41, 5.74) is 9.95. The maximum atomic E-state index is 6.15. The lowest BCUT2D eigenvalue weighted by Crippen LogP contribution is -1.97. The van der Waals surface area contributed by atoms with E-state index in [0.717, 1.165) is 28.1 Å². The molecule has 3 aromatic rings. The fourth-order valence-corrected chi connectivity index (χ4v) is 2.20. The van der Waals surface area contributed by atoms with Crippen molar-refractivity contribution in [2.75, 3.05) is 5.73 Å². The standard InChI is InChI=1S/C15H15N3O/c1-10-8-9-19-14(10)13-12(15(16)18(2)17-13)11-6-4-3-5-7-11/h3-9H,16H2,1-2H3. The first-order valence-corrected chi connectivity index (χ1v) is 6.11. The molecule has 0 aliphatic heterocycles. The first kappa shape index (κ1) is 11.6. The molecule has 0 radical (unpaired) electrons. The Hall–Kier alpha value is -2.49. The number of nitrogen functional groups attached to an aromatic ring is 1. The van der Waals surface area contributed by atoms with Gasteiger partial charge in [-0.05, 0) is 24.1 Å². The van der Waals surface area contributed by atoms with Crippen molar-refractivity contribution in [3.8, 4) is 22.6 Å². The minimum atomic E-state index is 0.636. The molecule has 19 heavy (non-hydrogen) atoms. The van der Waals surface area contributed by atoms with Gasteiger partial charge in [0.05, 0.1) is 11.8 Å². The maximum Gasteiger partial charge on any atom is 0.157 e. The van der Waals surface area contributed by atoms with Gasteiger partial charge in [0.2, 0.25) is 0 Å². The van der Waals surface area contributed by atoms with E-state index >= 15 is 0 Å². The lowest BCUT2D eigenvalue weighted by molar-refractivity contribution is 0.576. The van der Waals surface area contributed by atoms with E-state index in [1.807, 2.05) is 50.4 Å². The van der Waals surface area contributed by atoms with Crippen LogP contribution in [0.4, 0.5) is 5.82 Å².